The van der Waals surface area contributed by atoms with Gasteiger partial charge in [0, 0.05) is 34.0 Å². The molecule has 2 saturated heterocycles. The first-order valence-corrected chi connectivity index (χ1v) is 12.6. The summed E-state index contributed by atoms with van der Waals surface area (Å²) in [6.07, 6.45) is 3.36. The van der Waals surface area contributed by atoms with Gasteiger partial charge in [-0.3, -0.25) is 4.79 Å². The number of aryl methyl sites for hydroxylation is 1. The molecule has 0 radical (unpaired) electrons. The van der Waals surface area contributed by atoms with E-state index in [1.54, 1.807) is 25.1 Å². The van der Waals surface area contributed by atoms with Gasteiger partial charge in [0.25, 0.3) is 5.91 Å². The lowest BCUT2D eigenvalue weighted by molar-refractivity contribution is 0.0580. The summed E-state index contributed by atoms with van der Waals surface area (Å²) in [5.74, 6) is -1.33. The van der Waals surface area contributed by atoms with Crippen LogP contribution in [0.15, 0.2) is 40.9 Å². The van der Waals surface area contributed by atoms with Gasteiger partial charge in [0.1, 0.15) is 17.7 Å². The number of fused-ring (bicyclic) bond motifs is 3. The highest BCUT2D eigenvalue weighted by atomic mass is 35.5. The molecule has 2 aliphatic heterocycles. The van der Waals surface area contributed by atoms with E-state index in [2.05, 4.69) is 5.16 Å². The summed E-state index contributed by atoms with van der Waals surface area (Å²) < 4.78 is 35.4. The summed E-state index contributed by atoms with van der Waals surface area (Å²) in [5.41, 5.74) is 8.10. The molecule has 2 N–H and O–H groups in total. The van der Waals surface area contributed by atoms with Crippen molar-refractivity contribution in [3.05, 3.63) is 64.2 Å². The number of carbonyl (C=O) groups is 1. The first-order chi connectivity index (χ1) is 17.4. The first kappa shape index (κ1) is 25.3. The Morgan fingerprint density at radius 1 is 1.16 bits per heavy atom. The second-order valence-corrected chi connectivity index (χ2v) is 10.6. The lowest BCUT2D eigenvalue weighted by atomic mass is 9.97. The number of hydrogen-bond donors (Lipinski definition) is 1. The molecule has 2 aromatic carbocycles. The zero-order valence-electron chi connectivity index (χ0n) is 19.8. The summed E-state index contributed by atoms with van der Waals surface area (Å²) in [6, 6.07) is 11.0. The van der Waals surface area contributed by atoms with Crippen molar-refractivity contribution in [1.82, 2.24) is 10.1 Å². The van der Waals surface area contributed by atoms with Crippen molar-refractivity contribution in [2.45, 2.75) is 50.7 Å². The van der Waals surface area contributed by atoms with Crippen LogP contribution in [0.1, 0.15) is 46.6 Å². The van der Waals surface area contributed by atoms with E-state index in [0.29, 0.717) is 32.0 Å². The first-order valence-electron chi connectivity index (χ1n) is 11.8. The lowest BCUT2D eigenvalue weighted by Crippen LogP contribution is -2.49. The number of rotatable bonds is 3. The number of amides is 1. The zero-order valence-corrected chi connectivity index (χ0v) is 21.5. The number of nitriles is 1. The Balaban J connectivity index is 0.00000280. The van der Waals surface area contributed by atoms with Gasteiger partial charge in [0.2, 0.25) is 0 Å². The number of halogens is 3. The minimum absolute atomic E-state index is 0. The fourth-order valence-electron chi connectivity index (χ4n) is 5.66. The van der Waals surface area contributed by atoms with E-state index >= 15 is 4.39 Å². The Labute approximate surface area is 222 Å². The average molecular weight is 541 g/mol. The van der Waals surface area contributed by atoms with E-state index in [-0.39, 0.29) is 53.1 Å². The van der Waals surface area contributed by atoms with Crippen LogP contribution in [0.25, 0.3) is 32.5 Å². The van der Waals surface area contributed by atoms with Crippen molar-refractivity contribution < 1.29 is 18.1 Å². The van der Waals surface area contributed by atoms with Crippen molar-refractivity contribution in [2.24, 2.45) is 5.73 Å². The largest absolute Gasteiger partial charge is 0.355 e. The normalized spacial score (nSPS) is 20.6. The summed E-state index contributed by atoms with van der Waals surface area (Å²) in [7, 11) is 0. The Morgan fingerprint density at radius 3 is 2.57 bits per heavy atom. The quantitative estimate of drug-likeness (QED) is 0.334. The molecule has 190 valence electrons. The van der Waals surface area contributed by atoms with Crippen molar-refractivity contribution in [3.63, 3.8) is 0 Å². The van der Waals surface area contributed by atoms with Crippen LogP contribution in [-0.2, 0) is 0 Å². The standard InChI is InChI=1S/C27H22F2N4O2S.ClH/c1-13-19-6-7-21(28)24(25(19)35-32-13)26-20(14-2-3-15(12-30)22(29)8-14)11-23(36-26)27(34)33-17-4-5-18(33)10-16(31)9-17;/h2-3,6-8,11,16-18H,4-5,9-10,31H2,1H3;1H. The molecule has 0 aliphatic carbocycles. The molecule has 4 aromatic rings. The third kappa shape index (κ3) is 4.09. The summed E-state index contributed by atoms with van der Waals surface area (Å²) in [6.45, 7) is 1.77. The van der Waals surface area contributed by atoms with E-state index < -0.39 is 11.6 Å². The van der Waals surface area contributed by atoms with Crippen molar-refractivity contribution in [2.75, 3.05) is 0 Å². The second-order valence-electron chi connectivity index (χ2n) is 9.56. The minimum atomic E-state index is -0.683. The molecule has 37 heavy (non-hydrogen) atoms. The lowest BCUT2D eigenvalue weighted by Gasteiger charge is -2.37. The highest BCUT2D eigenvalue weighted by molar-refractivity contribution is 7.18. The number of benzene rings is 2. The molecule has 6 nitrogen and oxygen atoms in total. The average Bonchev–Trinajstić information content (AvgIpc) is 3.53. The Bertz CT molecular complexity index is 1560. The summed E-state index contributed by atoms with van der Waals surface area (Å²) in [5, 5.41) is 13.8. The van der Waals surface area contributed by atoms with E-state index in [9.17, 15) is 9.18 Å². The van der Waals surface area contributed by atoms with Crippen molar-refractivity contribution >= 4 is 40.6 Å². The Hall–Kier alpha value is -3.32. The summed E-state index contributed by atoms with van der Waals surface area (Å²) >= 11 is 1.16. The molecule has 0 saturated carbocycles. The Kier molecular flexibility index (Phi) is 6.52. The number of carbonyl (C=O) groups excluding carboxylic acids is 1. The van der Waals surface area contributed by atoms with Crippen LogP contribution < -0.4 is 5.73 Å². The van der Waals surface area contributed by atoms with Gasteiger partial charge < -0.3 is 15.2 Å². The molecule has 2 atom stereocenters. The molecule has 2 bridgehead atoms. The number of aromatic nitrogens is 1. The molecule has 2 fully saturated rings. The zero-order chi connectivity index (χ0) is 25.1. The van der Waals surface area contributed by atoms with E-state index in [4.69, 9.17) is 15.5 Å². The molecule has 6 rings (SSSR count). The van der Waals surface area contributed by atoms with E-state index in [0.717, 1.165) is 37.0 Å². The van der Waals surface area contributed by atoms with Crippen molar-refractivity contribution in [1.29, 1.82) is 5.26 Å². The van der Waals surface area contributed by atoms with Gasteiger partial charge in [0.15, 0.2) is 5.58 Å². The number of nitrogens with two attached hydrogens (primary N) is 1. The molecule has 10 heteroatoms. The van der Waals surface area contributed by atoms with Gasteiger partial charge in [-0.15, -0.1) is 23.7 Å². The maximum absolute atomic E-state index is 15.3. The third-order valence-electron chi connectivity index (χ3n) is 7.35. The minimum Gasteiger partial charge on any atom is -0.355 e. The van der Waals surface area contributed by atoms with Gasteiger partial charge in [-0.2, -0.15) is 5.26 Å². The van der Waals surface area contributed by atoms with Crippen LogP contribution in [0, 0.1) is 29.9 Å². The fraction of sp³-hybridized carbons (Fsp3) is 0.296. The molecule has 4 heterocycles. The SMILES string of the molecule is Cc1noc2c(-c3sc(C(=O)N4C5CCC4CC(N)C5)cc3-c3ccc(C#N)c(F)c3)c(F)ccc12.Cl. The van der Waals surface area contributed by atoms with Gasteiger partial charge >= 0.3 is 0 Å². The van der Waals surface area contributed by atoms with Gasteiger partial charge in [-0.05, 0) is 68.5 Å². The predicted molar refractivity (Wildman–Crippen MR) is 140 cm³/mol. The van der Waals surface area contributed by atoms with E-state index in [1.165, 1.54) is 18.2 Å². The maximum Gasteiger partial charge on any atom is 0.264 e. The van der Waals surface area contributed by atoms with Crippen LogP contribution in [0.4, 0.5) is 8.78 Å². The number of thiophene rings is 1. The number of hydrogen-bond acceptors (Lipinski definition) is 6. The van der Waals surface area contributed by atoms with Gasteiger partial charge in [0.05, 0.1) is 21.7 Å². The second kappa shape index (κ2) is 9.53. The number of nitrogens with zero attached hydrogens (tertiary/aromatic N) is 3. The smallest absolute Gasteiger partial charge is 0.264 e. The molecule has 2 aliphatic rings. The Morgan fingerprint density at radius 2 is 1.89 bits per heavy atom. The summed E-state index contributed by atoms with van der Waals surface area (Å²) in [4.78, 5) is 16.6. The molecular weight excluding hydrogens is 518 g/mol. The molecule has 0 spiro atoms. The number of piperidine rings is 1. The van der Waals surface area contributed by atoms with Gasteiger partial charge in [-0.25, -0.2) is 8.78 Å². The van der Waals surface area contributed by atoms with Crippen LogP contribution >= 0.6 is 23.7 Å². The monoisotopic (exact) mass is 540 g/mol. The highest BCUT2D eigenvalue weighted by Crippen LogP contribution is 2.45. The van der Waals surface area contributed by atoms with Crippen molar-refractivity contribution in [3.8, 4) is 27.6 Å². The highest BCUT2D eigenvalue weighted by Gasteiger charge is 2.43. The van der Waals surface area contributed by atoms with Crippen LogP contribution in [0.2, 0.25) is 0 Å². The maximum atomic E-state index is 15.3. The van der Waals surface area contributed by atoms with Gasteiger partial charge in [-0.1, -0.05) is 11.2 Å². The fourth-order valence-corrected chi connectivity index (χ4v) is 6.83. The van der Waals surface area contributed by atoms with E-state index in [1.807, 2.05) is 11.0 Å². The van der Waals surface area contributed by atoms with Crippen LogP contribution in [-0.4, -0.2) is 34.1 Å². The molecular formula is C27H23ClF2N4O2S. The topological polar surface area (TPSA) is 96.2 Å². The molecule has 2 aromatic heterocycles. The molecule has 2 unspecified atom stereocenters. The molecule has 1 amide bonds. The van der Waals surface area contributed by atoms with Crippen LogP contribution in [0.3, 0.4) is 0 Å². The third-order valence-corrected chi connectivity index (χ3v) is 8.49. The van der Waals surface area contributed by atoms with Crippen LogP contribution in [0.5, 0.6) is 0 Å². The predicted octanol–water partition coefficient (Wildman–Crippen LogP) is 6.20.